The van der Waals surface area contributed by atoms with E-state index in [1.54, 1.807) is 0 Å². The number of nitrogens with two attached hydrogens (primary N) is 1. The largest absolute Gasteiger partial charge is 0.330 e. The van der Waals surface area contributed by atoms with Crippen LogP contribution in [0.5, 0.6) is 0 Å². The molecule has 86 valence electrons. The second kappa shape index (κ2) is 4.99. The average Bonchev–Trinajstić information content (AvgIpc) is 2.46. The van der Waals surface area contributed by atoms with Crippen LogP contribution in [0.3, 0.4) is 0 Å². The van der Waals surface area contributed by atoms with Gasteiger partial charge in [-0.3, -0.25) is 4.68 Å². The first-order valence-corrected chi connectivity index (χ1v) is 5.72. The summed E-state index contributed by atoms with van der Waals surface area (Å²) in [4.78, 5) is 0. The lowest BCUT2D eigenvalue weighted by molar-refractivity contribution is 0.324. The fraction of sp³-hybridized carbons (Fsp3) is 0.727. The van der Waals surface area contributed by atoms with Gasteiger partial charge < -0.3 is 5.73 Å². The molecule has 1 aromatic rings. The molecule has 0 fully saturated rings. The maximum Gasteiger partial charge on any atom is 0.0814 e. The highest BCUT2D eigenvalue weighted by Crippen LogP contribution is 2.21. The minimum absolute atomic E-state index is 0.228. The summed E-state index contributed by atoms with van der Waals surface area (Å²) in [6.45, 7) is 7.94. The molecule has 1 rings (SSSR count). The number of aryl methyl sites for hydroxylation is 2. The highest BCUT2D eigenvalue weighted by molar-refractivity contribution is 6.31. The van der Waals surface area contributed by atoms with Gasteiger partial charge in [-0.2, -0.15) is 5.10 Å². The predicted molar refractivity (Wildman–Crippen MR) is 64.0 cm³/mol. The van der Waals surface area contributed by atoms with Crippen molar-refractivity contribution in [1.29, 1.82) is 0 Å². The van der Waals surface area contributed by atoms with Crippen molar-refractivity contribution in [3.63, 3.8) is 0 Å². The zero-order chi connectivity index (χ0) is 11.5. The average molecular weight is 230 g/mol. The Morgan fingerprint density at radius 1 is 1.53 bits per heavy atom. The van der Waals surface area contributed by atoms with Crippen LogP contribution in [0, 0.1) is 12.3 Å². The third-order valence-electron chi connectivity index (χ3n) is 2.68. The number of hydrogen-bond donors (Lipinski definition) is 1. The molecule has 0 aliphatic rings. The van der Waals surface area contributed by atoms with Crippen LogP contribution < -0.4 is 5.73 Å². The van der Waals surface area contributed by atoms with Crippen LogP contribution in [0.15, 0.2) is 6.20 Å². The number of halogens is 1. The van der Waals surface area contributed by atoms with Gasteiger partial charge in [-0.05, 0) is 31.7 Å². The summed E-state index contributed by atoms with van der Waals surface area (Å²) in [7, 11) is 0. The van der Waals surface area contributed by atoms with E-state index in [2.05, 4.69) is 18.9 Å². The molecule has 0 spiro atoms. The van der Waals surface area contributed by atoms with E-state index >= 15 is 0 Å². The van der Waals surface area contributed by atoms with Gasteiger partial charge in [0, 0.05) is 12.7 Å². The first-order valence-electron chi connectivity index (χ1n) is 5.34. The van der Waals surface area contributed by atoms with Crippen LogP contribution in [-0.2, 0) is 6.54 Å². The highest BCUT2D eigenvalue weighted by atomic mass is 35.5. The van der Waals surface area contributed by atoms with Gasteiger partial charge in [-0.15, -0.1) is 0 Å². The molecular weight excluding hydrogens is 210 g/mol. The van der Waals surface area contributed by atoms with Gasteiger partial charge in [-0.25, -0.2) is 0 Å². The Kier molecular flexibility index (Phi) is 4.17. The normalized spacial score (nSPS) is 12.1. The Morgan fingerprint density at radius 3 is 2.67 bits per heavy atom. The Morgan fingerprint density at radius 2 is 2.20 bits per heavy atom. The monoisotopic (exact) mass is 229 g/mol. The molecule has 0 bridgehead atoms. The summed E-state index contributed by atoms with van der Waals surface area (Å²) in [5.41, 5.74) is 6.80. The van der Waals surface area contributed by atoms with Crippen LogP contribution in [0.4, 0.5) is 0 Å². The van der Waals surface area contributed by atoms with Gasteiger partial charge in [0.2, 0.25) is 0 Å². The summed E-state index contributed by atoms with van der Waals surface area (Å²) in [5, 5.41) is 5.05. The molecular formula is C11H20ClN3. The molecule has 0 aromatic carbocycles. The third-order valence-corrected chi connectivity index (χ3v) is 3.05. The van der Waals surface area contributed by atoms with Gasteiger partial charge in [0.05, 0.1) is 10.7 Å². The summed E-state index contributed by atoms with van der Waals surface area (Å²) in [6, 6.07) is 0. The Hall–Kier alpha value is -0.540. The lowest BCUT2D eigenvalue weighted by Crippen LogP contribution is -2.23. The maximum absolute atomic E-state index is 5.92. The third kappa shape index (κ3) is 3.84. The fourth-order valence-electron chi connectivity index (χ4n) is 1.43. The minimum atomic E-state index is 0.228. The van der Waals surface area contributed by atoms with E-state index in [1.165, 1.54) is 0 Å². The lowest BCUT2D eigenvalue weighted by atomic mass is 9.88. The maximum atomic E-state index is 5.92. The van der Waals surface area contributed by atoms with E-state index in [0.717, 1.165) is 36.6 Å². The van der Waals surface area contributed by atoms with E-state index < -0.39 is 0 Å². The molecule has 0 aliphatic heterocycles. The second-order valence-electron chi connectivity index (χ2n) is 4.80. The van der Waals surface area contributed by atoms with Crippen molar-refractivity contribution in [1.82, 2.24) is 9.78 Å². The summed E-state index contributed by atoms with van der Waals surface area (Å²) >= 11 is 5.92. The van der Waals surface area contributed by atoms with Crippen LogP contribution in [-0.4, -0.2) is 16.3 Å². The Balaban J connectivity index is 2.38. The predicted octanol–water partition coefficient (Wildman–Crippen LogP) is 2.61. The highest BCUT2D eigenvalue weighted by Gasteiger charge is 2.14. The SMILES string of the molecule is Cc1nn(CCCC(C)(C)CN)cc1Cl. The van der Waals surface area contributed by atoms with Crippen LogP contribution in [0.25, 0.3) is 0 Å². The van der Waals surface area contributed by atoms with Crippen molar-refractivity contribution >= 4 is 11.6 Å². The molecule has 0 unspecified atom stereocenters. The van der Waals surface area contributed by atoms with Crippen molar-refractivity contribution in [3.05, 3.63) is 16.9 Å². The van der Waals surface area contributed by atoms with E-state index in [9.17, 15) is 0 Å². The van der Waals surface area contributed by atoms with Gasteiger partial charge in [0.25, 0.3) is 0 Å². The number of nitrogens with zero attached hydrogens (tertiary/aromatic N) is 2. The summed E-state index contributed by atoms with van der Waals surface area (Å²) in [6.07, 6.45) is 4.08. The van der Waals surface area contributed by atoms with Gasteiger partial charge in [0.15, 0.2) is 0 Å². The molecule has 0 saturated heterocycles. The molecule has 2 N–H and O–H groups in total. The standard InChI is InChI=1S/C11H20ClN3/c1-9-10(12)7-15(14-9)6-4-5-11(2,3)8-13/h7H,4-6,8,13H2,1-3H3. The van der Waals surface area contributed by atoms with Crippen LogP contribution in [0.2, 0.25) is 5.02 Å². The van der Waals surface area contributed by atoms with Crippen LogP contribution in [0.1, 0.15) is 32.4 Å². The van der Waals surface area contributed by atoms with Gasteiger partial charge in [0.1, 0.15) is 0 Å². The second-order valence-corrected chi connectivity index (χ2v) is 5.20. The minimum Gasteiger partial charge on any atom is -0.330 e. The smallest absolute Gasteiger partial charge is 0.0814 e. The molecule has 4 heteroatoms. The number of hydrogen-bond acceptors (Lipinski definition) is 2. The first-order chi connectivity index (χ1) is 6.94. The Labute approximate surface area is 96.6 Å². The van der Waals surface area contributed by atoms with E-state index in [4.69, 9.17) is 17.3 Å². The Bertz CT molecular complexity index is 298. The zero-order valence-corrected chi connectivity index (χ0v) is 10.5. The molecule has 1 aromatic heterocycles. The molecule has 0 amide bonds. The van der Waals surface area contributed by atoms with Crippen molar-refractivity contribution in [2.45, 2.75) is 40.2 Å². The van der Waals surface area contributed by atoms with E-state index in [1.807, 2.05) is 17.8 Å². The zero-order valence-electron chi connectivity index (χ0n) is 9.76. The van der Waals surface area contributed by atoms with Crippen molar-refractivity contribution in [2.24, 2.45) is 11.1 Å². The van der Waals surface area contributed by atoms with Gasteiger partial charge in [-0.1, -0.05) is 25.4 Å². The molecule has 0 aliphatic carbocycles. The topological polar surface area (TPSA) is 43.8 Å². The van der Waals surface area contributed by atoms with Crippen LogP contribution >= 0.6 is 11.6 Å². The van der Waals surface area contributed by atoms with Gasteiger partial charge >= 0.3 is 0 Å². The van der Waals surface area contributed by atoms with E-state index in [0.29, 0.717) is 0 Å². The van der Waals surface area contributed by atoms with Crippen molar-refractivity contribution in [2.75, 3.05) is 6.54 Å². The summed E-state index contributed by atoms with van der Waals surface area (Å²) in [5.74, 6) is 0. The molecule has 3 nitrogen and oxygen atoms in total. The molecule has 0 radical (unpaired) electrons. The molecule has 15 heavy (non-hydrogen) atoms. The molecule has 0 atom stereocenters. The quantitative estimate of drug-likeness (QED) is 0.844. The summed E-state index contributed by atoms with van der Waals surface area (Å²) < 4.78 is 1.91. The lowest BCUT2D eigenvalue weighted by Gasteiger charge is -2.21. The first kappa shape index (κ1) is 12.5. The molecule has 1 heterocycles. The number of rotatable bonds is 5. The molecule has 0 saturated carbocycles. The number of aromatic nitrogens is 2. The van der Waals surface area contributed by atoms with Crippen molar-refractivity contribution in [3.8, 4) is 0 Å². The van der Waals surface area contributed by atoms with Crippen molar-refractivity contribution < 1.29 is 0 Å². The fourth-order valence-corrected chi connectivity index (χ4v) is 1.58. The van der Waals surface area contributed by atoms with E-state index in [-0.39, 0.29) is 5.41 Å².